The van der Waals surface area contributed by atoms with Gasteiger partial charge < -0.3 is 4.57 Å². The average molecular weight is 352 g/mol. The van der Waals surface area contributed by atoms with Crippen LogP contribution in [0.15, 0.2) is 55.1 Å². The Morgan fingerprint density at radius 1 is 1.08 bits per heavy atom. The van der Waals surface area contributed by atoms with Gasteiger partial charge in [-0.05, 0) is 29.0 Å². The Morgan fingerprint density at radius 2 is 1.96 bits per heavy atom. The van der Waals surface area contributed by atoms with Crippen LogP contribution in [0.25, 0.3) is 22.8 Å². The second-order valence-corrected chi connectivity index (χ2v) is 5.96. The molecule has 8 heteroatoms. The van der Waals surface area contributed by atoms with E-state index in [0.717, 1.165) is 27.5 Å². The molecule has 25 heavy (non-hydrogen) atoms. The van der Waals surface area contributed by atoms with Crippen molar-refractivity contribution in [2.24, 2.45) is 7.05 Å². The van der Waals surface area contributed by atoms with Crippen LogP contribution in [-0.4, -0.2) is 34.7 Å². The standard InChI is InChI=1S/C17H14ClN7/c1-24-22-17(21-23-24)12-6-7-19-15(8-12)16-10-25(11-20-16)9-13-4-2-3-5-14(13)18/h2-8,10-11H,9H2,1H3. The monoisotopic (exact) mass is 351 g/mol. The first-order valence-electron chi connectivity index (χ1n) is 7.65. The smallest absolute Gasteiger partial charge is 0.205 e. The maximum absolute atomic E-state index is 6.22. The van der Waals surface area contributed by atoms with Gasteiger partial charge in [-0.1, -0.05) is 29.8 Å². The summed E-state index contributed by atoms with van der Waals surface area (Å²) in [4.78, 5) is 10.3. The quantitative estimate of drug-likeness (QED) is 0.565. The topological polar surface area (TPSA) is 74.3 Å². The Balaban J connectivity index is 1.61. The van der Waals surface area contributed by atoms with Gasteiger partial charge in [0.2, 0.25) is 5.82 Å². The molecule has 0 saturated carbocycles. The van der Waals surface area contributed by atoms with Crippen LogP contribution in [0.4, 0.5) is 0 Å². The SMILES string of the molecule is Cn1nnc(-c2ccnc(-c3cn(Cc4ccccc4Cl)cn3)c2)n1. The van der Waals surface area contributed by atoms with Crippen LogP contribution in [0.1, 0.15) is 5.56 Å². The van der Waals surface area contributed by atoms with Crippen molar-refractivity contribution >= 4 is 11.6 Å². The number of tetrazole rings is 1. The van der Waals surface area contributed by atoms with E-state index in [1.54, 1.807) is 19.6 Å². The van der Waals surface area contributed by atoms with Crippen LogP contribution in [0, 0.1) is 0 Å². The van der Waals surface area contributed by atoms with Gasteiger partial charge in [0.1, 0.15) is 5.69 Å². The van der Waals surface area contributed by atoms with E-state index in [9.17, 15) is 0 Å². The maximum Gasteiger partial charge on any atom is 0.205 e. The van der Waals surface area contributed by atoms with Gasteiger partial charge in [-0.3, -0.25) is 4.98 Å². The summed E-state index contributed by atoms with van der Waals surface area (Å²) in [7, 11) is 1.73. The van der Waals surface area contributed by atoms with Crippen LogP contribution >= 0.6 is 11.6 Å². The van der Waals surface area contributed by atoms with Gasteiger partial charge in [0.15, 0.2) is 0 Å². The zero-order chi connectivity index (χ0) is 17.2. The summed E-state index contributed by atoms with van der Waals surface area (Å²) in [5.74, 6) is 0.557. The van der Waals surface area contributed by atoms with Gasteiger partial charge in [0, 0.05) is 29.5 Å². The lowest BCUT2D eigenvalue weighted by Gasteiger charge is -2.04. The van der Waals surface area contributed by atoms with Crippen molar-refractivity contribution in [3.8, 4) is 22.8 Å². The number of aromatic nitrogens is 7. The summed E-state index contributed by atoms with van der Waals surface area (Å²) < 4.78 is 1.98. The van der Waals surface area contributed by atoms with E-state index in [1.807, 2.05) is 47.2 Å². The van der Waals surface area contributed by atoms with E-state index in [0.29, 0.717) is 12.4 Å². The highest BCUT2D eigenvalue weighted by molar-refractivity contribution is 6.31. The summed E-state index contributed by atoms with van der Waals surface area (Å²) in [6.45, 7) is 0.651. The molecule has 7 nitrogen and oxygen atoms in total. The molecule has 0 saturated heterocycles. The third kappa shape index (κ3) is 3.27. The van der Waals surface area contributed by atoms with Gasteiger partial charge in [-0.25, -0.2) is 4.98 Å². The first-order chi connectivity index (χ1) is 12.2. The first kappa shape index (κ1) is 15.5. The highest BCUT2D eigenvalue weighted by atomic mass is 35.5. The molecule has 1 aromatic carbocycles. The molecule has 0 unspecified atom stereocenters. The lowest BCUT2D eigenvalue weighted by Crippen LogP contribution is -1.96. The average Bonchev–Trinajstić information content (AvgIpc) is 3.26. The van der Waals surface area contributed by atoms with Crippen molar-refractivity contribution in [3.63, 3.8) is 0 Å². The highest BCUT2D eigenvalue weighted by Gasteiger charge is 2.10. The third-order valence-corrected chi connectivity index (χ3v) is 4.10. The third-order valence-electron chi connectivity index (χ3n) is 3.73. The molecule has 0 atom stereocenters. The van der Waals surface area contributed by atoms with Crippen LogP contribution in [-0.2, 0) is 13.6 Å². The minimum absolute atomic E-state index is 0.557. The molecular formula is C17H14ClN7. The molecule has 0 aliphatic heterocycles. The fraction of sp³-hybridized carbons (Fsp3) is 0.118. The summed E-state index contributed by atoms with van der Waals surface area (Å²) in [5, 5.41) is 12.8. The number of nitrogens with zero attached hydrogens (tertiary/aromatic N) is 7. The molecule has 0 bridgehead atoms. The van der Waals surface area contributed by atoms with E-state index in [1.165, 1.54) is 4.80 Å². The molecular weight excluding hydrogens is 338 g/mol. The highest BCUT2D eigenvalue weighted by Crippen LogP contribution is 2.22. The van der Waals surface area contributed by atoms with E-state index in [2.05, 4.69) is 25.4 Å². The molecule has 4 aromatic rings. The maximum atomic E-state index is 6.22. The zero-order valence-electron chi connectivity index (χ0n) is 13.4. The van der Waals surface area contributed by atoms with Crippen molar-refractivity contribution < 1.29 is 0 Å². The van der Waals surface area contributed by atoms with Crippen LogP contribution in [0.2, 0.25) is 5.02 Å². The molecule has 3 heterocycles. The normalized spacial score (nSPS) is 11.0. The van der Waals surface area contributed by atoms with Gasteiger partial charge >= 0.3 is 0 Å². The van der Waals surface area contributed by atoms with E-state index in [-0.39, 0.29) is 0 Å². The Morgan fingerprint density at radius 3 is 2.76 bits per heavy atom. The Bertz CT molecular complexity index is 1020. The molecule has 0 N–H and O–H groups in total. The van der Waals surface area contributed by atoms with Crippen LogP contribution in [0.5, 0.6) is 0 Å². The van der Waals surface area contributed by atoms with Gasteiger partial charge in [-0.2, -0.15) is 4.80 Å². The fourth-order valence-electron chi connectivity index (χ4n) is 2.51. The number of imidazole rings is 1. The zero-order valence-corrected chi connectivity index (χ0v) is 14.2. The van der Waals surface area contributed by atoms with Crippen LogP contribution < -0.4 is 0 Å². The van der Waals surface area contributed by atoms with Crippen LogP contribution in [0.3, 0.4) is 0 Å². The predicted molar refractivity (Wildman–Crippen MR) is 93.8 cm³/mol. The molecule has 0 aliphatic carbocycles. The molecule has 0 fully saturated rings. The second-order valence-electron chi connectivity index (χ2n) is 5.55. The van der Waals surface area contributed by atoms with E-state index in [4.69, 9.17) is 11.6 Å². The van der Waals surface area contributed by atoms with Gasteiger partial charge in [0.25, 0.3) is 0 Å². The number of rotatable bonds is 4. The number of halogens is 1. The Hall–Kier alpha value is -3.06. The fourth-order valence-corrected chi connectivity index (χ4v) is 2.71. The van der Waals surface area contributed by atoms with E-state index < -0.39 is 0 Å². The molecule has 124 valence electrons. The summed E-state index contributed by atoms with van der Waals surface area (Å²) >= 11 is 6.22. The second kappa shape index (κ2) is 6.45. The lowest BCUT2D eigenvalue weighted by atomic mass is 10.2. The first-order valence-corrected chi connectivity index (χ1v) is 8.03. The molecule has 0 radical (unpaired) electrons. The molecule has 4 rings (SSSR count). The molecule has 0 aliphatic rings. The van der Waals surface area contributed by atoms with Crippen molar-refractivity contribution in [2.45, 2.75) is 6.54 Å². The number of benzene rings is 1. The number of hydrogen-bond acceptors (Lipinski definition) is 5. The van der Waals surface area contributed by atoms with Crippen molar-refractivity contribution in [1.29, 1.82) is 0 Å². The molecule has 0 spiro atoms. The van der Waals surface area contributed by atoms with Gasteiger partial charge in [0.05, 0.1) is 19.1 Å². The Labute approximate surface area is 148 Å². The number of hydrogen-bond donors (Lipinski definition) is 0. The number of aryl methyl sites for hydroxylation is 1. The molecule has 3 aromatic heterocycles. The van der Waals surface area contributed by atoms with Crippen molar-refractivity contribution in [2.75, 3.05) is 0 Å². The van der Waals surface area contributed by atoms with Crippen molar-refractivity contribution in [1.82, 2.24) is 34.7 Å². The summed E-state index contributed by atoms with van der Waals surface area (Å²) in [5.41, 5.74) is 3.41. The lowest BCUT2D eigenvalue weighted by molar-refractivity contribution is 0.630. The predicted octanol–water partition coefficient (Wildman–Crippen LogP) is 2.84. The summed E-state index contributed by atoms with van der Waals surface area (Å²) in [6.07, 6.45) is 5.43. The summed E-state index contributed by atoms with van der Waals surface area (Å²) in [6, 6.07) is 11.5. The number of pyridine rings is 1. The Kier molecular flexibility index (Phi) is 3.99. The molecule has 0 amide bonds. The van der Waals surface area contributed by atoms with E-state index >= 15 is 0 Å². The van der Waals surface area contributed by atoms with Gasteiger partial charge in [-0.15, -0.1) is 10.2 Å². The minimum Gasteiger partial charge on any atom is -0.332 e. The minimum atomic E-state index is 0.557. The van der Waals surface area contributed by atoms with Crippen molar-refractivity contribution in [3.05, 3.63) is 65.7 Å². The largest absolute Gasteiger partial charge is 0.332 e.